The van der Waals surface area contributed by atoms with E-state index in [1.165, 1.54) is 36.0 Å². The van der Waals surface area contributed by atoms with Gasteiger partial charge in [0.05, 0.1) is 12.1 Å². The molecule has 6 heteroatoms. The van der Waals surface area contributed by atoms with Crippen molar-refractivity contribution in [3.8, 4) is 35.0 Å². The predicted octanol–water partition coefficient (Wildman–Crippen LogP) is 6.77. The number of nitrogens with zero attached hydrogens (tertiary/aromatic N) is 2. The molecule has 1 fully saturated rings. The quantitative estimate of drug-likeness (QED) is 0.202. The summed E-state index contributed by atoms with van der Waals surface area (Å²) < 4.78 is 12.9. The van der Waals surface area contributed by atoms with Crippen molar-refractivity contribution in [3.63, 3.8) is 0 Å². The van der Waals surface area contributed by atoms with Crippen LogP contribution in [0.25, 0.3) is 16.7 Å². The zero-order chi connectivity index (χ0) is 27.4. The number of hydrogen-bond donors (Lipinski definition) is 0. The van der Waals surface area contributed by atoms with Gasteiger partial charge in [0.25, 0.3) is 0 Å². The molecule has 0 atom stereocenters. The number of ether oxygens (including phenoxy) is 2. The summed E-state index contributed by atoms with van der Waals surface area (Å²) in [5.41, 5.74) is 6.28. The number of benzene rings is 2. The SMILES string of the molecule is C#CCN1CCC2=C(C1)c1c(OC(=O)CCCN3CCCCC3)cc(-c3ccc(CC)cc3)cc1OC2(C)C.Cl. The fourth-order valence-electron chi connectivity index (χ4n) is 6.27. The lowest BCUT2D eigenvalue weighted by atomic mass is 9.81. The molecule has 0 saturated carbocycles. The van der Waals surface area contributed by atoms with Crippen molar-refractivity contribution in [2.75, 3.05) is 39.3 Å². The summed E-state index contributed by atoms with van der Waals surface area (Å²) >= 11 is 0. The number of halogens is 1. The van der Waals surface area contributed by atoms with Crippen molar-refractivity contribution in [3.05, 3.63) is 53.1 Å². The van der Waals surface area contributed by atoms with Crippen LogP contribution >= 0.6 is 12.4 Å². The van der Waals surface area contributed by atoms with Crippen molar-refractivity contribution in [2.45, 2.75) is 71.3 Å². The summed E-state index contributed by atoms with van der Waals surface area (Å²) in [5, 5.41) is 0. The number of rotatable bonds is 8. The molecule has 0 amide bonds. The Morgan fingerprint density at radius 3 is 2.50 bits per heavy atom. The average Bonchev–Trinajstić information content (AvgIpc) is 2.93. The first-order chi connectivity index (χ1) is 18.9. The second kappa shape index (κ2) is 13.3. The second-order valence-corrected chi connectivity index (χ2v) is 11.6. The highest BCUT2D eigenvalue weighted by Gasteiger charge is 2.39. The maximum Gasteiger partial charge on any atom is 0.311 e. The lowest BCUT2D eigenvalue weighted by molar-refractivity contribution is -0.134. The first kappa shape index (κ1) is 30.2. The van der Waals surface area contributed by atoms with Gasteiger partial charge in [-0.2, -0.15) is 0 Å². The molecule has 2 aromatic rings. The predicted molar refractivity (Wildman–Crippen MR) is 165 cm³/mol. The first-order valence-corrected chi connectivity index (χ1v) is 14.7. The van der Waals surface area contributed by atoms with Crippen LogP contribution in [0, 0.1) is 12.3 Å². The number of aryl methyl sites for hydroxylation is 1. The lowest BCUT2D eigenvalue weighted by Crippen LogP contribution is -2.42. The molecule has 40 heavy (non-hydrogen) atoms. The fraction of sp³-hybridized carbons (Fsp3) is 0.500. The van der Waals surface area contributed by atoms with E-state index in [0.29, 0.717) is 18.7 Å². The zero-order valence-corrected chi connectivity index (χ0v) is 25.1. The third kappa shape index (κ3) is 6.74. The largest absolute Gasteiger partial charge is 0.483 e. The number of terminal acetylenes is 1. The minimum absolute atomic E-state index is 0. The lowest BCUT2D eigenvalue weighted by Gasteiger charge is -2.42. The number of piperidine rings is 1. The average molecular weight is 563 g/mol. The van der Waals surface area contributed by atoms with Crippen LogP contribution in [0.3, 0.4) is 0 Å². The molecule has 1 saturated heterocycles. The van der Waals surface area contributed by atoms with E-state index in [-0.39, 0.29) is 18.4 Å². The van der Waals surface area contributed by atoms with E-state index in [4.69, 9.17) is 15.9 Å². The highest BCUT2D eigenvalue weighted by Crippen LogP contribution is 2.49. The standard InChI is InChI=1S/C34H42N2O3.ClH/c1-5-17-36-21-16-29-28(24-36)33-30(38-32(37)11-10-20-35-18-8-7-9-19-35)22-27(23-31(33)39-34(29,3)4)26-14-12-25(6-2)13-15-26;/h1,12-15,22-23H,6-11,16-21,24H2,2-4H3;1H. The summed E-state index contributed by atoms with van der Waals surface area (Å²) in [7, 11) is 0. The maximum absolute atomic E-state index is 13.2. The normalized spacial score (nSPS) is 18.6. The van der Waals surface area contributed by atoms with Gasteiger partial charge in [0.2, 0.25) is 0 Å². The van der Waals surface area contributed by atoms with Gasteiger partial charge in [0.15, 0.2) is 0 Å². The fourth-order valence-corrected chi connectivity index (χ4v) is 6.27. The molecule has 214 valence electrons. The number of fused-ring (bicyclic) bond motifs is 2. The van der Waals surface area contributed by atoms with Crippen molar-refractivity contribution in [1.29, 1.82) is 0 Å². The van der Waals surface area contributed by atoms with Crippen LogP contribution in [0.4, 0.5) is 0 Å². The van der Waals surface area contributed by atoms with Crippen LogP contribution in [0.2, 0.25) is 0 Å². The molecule has 0 aliphatic carbocycles. The van der Waals surface area contributed by atoms with E-state index in [1.54, 1.807) is 0 Å². The van der Waals surface area contributed by atoms with E-state index in [0.717, 1.165) is 74.4 Å². The number of esters is 1. The van der Waals surface area contributed by atoms with Crippen molar-refractivity contribution < 1.29 is 14.3 Å². The molecule has 5 nitrogen and oxygen atoms in total. The van der Waals surface area contributed by atoms with Gasteiger partial charge in [-0.3, -0.25) is 9.69 Å². The van der Waals surface area contributed by atoms with E-state index in [9.17, 15) is 4.79 Å². The van der Waals surface area contributed by atoms with Crippen molar-refractivity contribution in [1.82, 2.24) is 9.80 Å². The topological polar surface area (TPSA) is 42.0 Å². The highest BCUT2D eigenvalue weighted by molar-refractivity contribution is 5.87. The Morgan fingerprint density at radius 1 is 1.05 bits per heavy atom. The third-order valence-electron chi connectivity index (χ3n) is 8.42. The van der Waals surface area contributed by atoms with E-state index < -0.39 is 5.60 Å². The Morgan fingerprint density at radius 2 is 1.80 bits per heavy atom. The Bertz CT molecular complexity index is 1270. The second-order valence-electron chi connectivity index (χ2n) is 11.6. The van der Waals surface area contributed by atoms with Crippen molar-refractivity contribution >= 4 is 23.9 Å². The van der Waals surface area contributed by atoms with Gasteiger partial charge in [0.1, 0.15) is 17.1 Å². The summed E-state index contributed by atoms with van der Waals surface area (Å²) in [6.07, 6.45) is 12.6. The van der Waals surface area contributed by atoms with E-state index in [1.807, 2.05) is 6.07 Å². The molecule has 0 spiro atoms. The van der Waals surface area contributed by atoms with Gasteiger partial charge >= 0.3 is 5.97 Å². The van der Waals surface area contributed by atoms with Crippen LogP contribution in [0.5, 0.6) is 11.5 Å². The Labute approximate surface area is 246 Å². The van der Waals surface area contributed by atoms with Gasteiger partial charge in [-0.05, 0) is 106 Å². The highest BCUT2D eigenvalue weighted by atomic mass is 35.5. The molecular weight excluding hydrogens is 520 g/mol. The van der Waals surface area contributed by atoms with Gasteiger partial charge in [-0.1, -0.05) is 43.5 Å². The number of carbonyl (C=O) groups excluding carboxylic acids is 1. The van der Waals surface area contributed by atoms with Crippen LogP contribution < -0.4 is 9.47 Å². The monoisotopic (exact) mass is 562 g/mol. The minimum atomic E-state index is -0.440. The molecule has 0 bridgehead atoms. The van der Waals surface area contributed by atoms with Crippen LogP contribution in [-0.2, 0) is 11.2 Å². The Kier molecular flexibility index (Phi) is 10.0. The minimum Gasteiger partial charge on any atom is -0.483 e. The molecule has 5 rings (SSSR count). The van der Waals surface area contributed by atoms with Crippen molar-refractivity contribution in [2.24, 2.45) is 0 Å². The van der Waals surface area contributed by atoms with Gasteiger partial charge < -0.3 is 14.4 Å². The van der Waals surface area contributed by atoms with Crippen LogP contribution in [0.15, 0.2) is 42.0 Å². The Hall–Kier alpha value is -2.78. The molecule has 3 aliphatic heterocycles. The molecule has 3 heterocycles. The number of carbonyl (C=O) groups is 1. The maximum atomic E-state index is 13.2. The molecule has 2 aromatic carbocycles. The molecule has 0 N–H and O–H groups in total. The molecule has 0 radical (unpaired) electrons. The first-order valence-electron chi connectivity index (χ1n) is 14.7. The summed E-state index contributed by atoms with van der Waals surface area (Å²) in [4.78, 5) is 17.9. The summed E-state index contributed by atoms with van der Waals surface area (Å²) in [6, 6.07) is 12.7. The van der Waals surface area contributed by atoms with Crippen LogP contribution in [0.1, 0.15) is 70.4 Å². The number of hydrogen-bond acceptors (Lipinski definition) is 5. The Balaban J connectivity index is 0.00000370. The van der Waals surface area contributed by atoms with Gasteiger partial charge in [-0.15, -0.1) is 18.8 Å². The van der Waals surface area contributed by atoms with E-state index in [2.05, 4.69) is 66.8 Å². The smallest absolute Gasteiger partial charge is 0.311 e. The van der Waals surface area contributed by atoms with Gasteiger partial charge in [-0.25, -0.2) is 0 Å². The van der Waals surface area contributed by atoms with E-state index >= 15 is 0 Å². The van der Waals surface area contributed by atoms with Gasteiger partial charge in [0, 0.05) is 19.5 Å². The molecule has 0 aromatic heterocycles. The zero-order valence-electron chi connectivity index (χ0n) is 24.3. The molecular formula is C34H43ClN2O3. The summed E-state index contributed by atoms with van der Waals surface area (Å²) in [6.45, 7) is 11.9. The summed E-state index contributed by atoms with van der Waals surface area (Å²) in [5.74, 6) is 3.98. The molecule has 3 aliphatic rings. The molecule has 0 unspecified atom stereocenters. The third-order valence-corrected chi connectivity index (χ3v) is 8.42. The van der Waals surface area contributed by atoms with Crippen LogP contribution in [-0.4, -0.2) is 60.6 Å². The number of likely N-dealkylation sites (tertiary alicyclic amines) is 1.